The van der Waals surface area contributed by atoms with Gasteiger partial charge in [-0.2, -0.15) is 0 Å². The number of nitrogens with zero attached hydrogens (tertiary/aromatic N) is 2. The van der Waals surface area contributed by atoms with Crippen LogP contribution in [-0.2, 0) is 4.79 Å². The van der Waals surface area contributed by atoms with Crippen molar-refractivity contribution in [2.45, 2.75) is 38.5 Å². The first-order valence-electron chi connectivity index (χ1n) is 8.46. The van der Waals surface area contributed by atoms with E-state index in [1.807, 2.05) is 29.2 Å². The first kappa shape index (κ1) is 17.3. The molecule has 1 aromatic heterocycles. The molecule has 3 rings (SSSR count). The van der Waals surface area contributed by atoms with Gasteiger partial charge in [-0.3, -0.25) is 4.79 Å². The lowest BCUT2D eigenvalue weighted by Crippen LogP contribution is -2.54. The third kappa shape index (κ3) is 3.59. The summed E-state index contributed by atoms with van der Waals surface area (Å²) >= 11 is 1.63. The van der Waals surface area contributed by atoms with Crippen LogP contribution in [0.15, 0.2) is 24.3 Å². The van der Waals surface area contributed by atoms with Gasteiger partial charge in [-0.25, -0.2) is 4.98 Å². The van der Waals surface area contributed by atoms with Gasteiger partial charge in [0, 0.05) is 19.1 Å². The zero-order valence-corrected chi connectivity index (χ0v) is 15.4. The molecule has 1 fully saturated rings. The molecule has 2 unspecified atom stereocenters. The molecule has 2 heterocycles. The minimum absolute atomic E-state index is 0.0110. The highest BCUT2D eigenvalue weighted by atomic mass is 32.2. The lowest BCUT2D eigenvalue weighted by Gasteiger charge is -2.42. The summed E-state index contributed by atoms with van der Waals surface area (Å²) in [5, 5.41) is 0.154. The Balaban J connectivity index is 1.57. The number of rotatable bonds is 4. The van der Waals surface area contributed by atoms with Gasteiger partial charge in [0.15, 0.2) is 0 Å². The quantitative estimate of drug-likeness (QED) is 0.892. The van der Waals surface area contributed by atoms with E-state index in [0.717, 1.165) is 36.4 Å². The molecule has 3 N–H and O–H groups in total. The number of thioether (sulfide) groups is 1. The molecule has 0 spiro atoms. The number of aromatic amines is 1. The fourth-order valence-corrected chi connectivity index (χ4v) is 3.96. The van der Waals surface area contributed by atoms with Crippen LogP contribution in [0.4, 0.5) is 0 Å². The van der Waals surface area contributed by atoms with Gasteiger partial charge in [0.05, 0.1) is 22.0 Å². The maximum atomic E-state index is 12.5. The smallest absolute Gasteiger partial charge is 0.232 e. The summed E-state index contributed by atoms with van der Waals surface area (Å²) in [6.07, 6.45) is 0.878. The van der Waals surface area contributed by atoms with E-state index in [-0.39, 0.29) is 22.6 Å². The van der Waals surface area contributed by atoms with Crippen LogP contribution < -0.4 is 5.73 Å². The number of benzene rings is 1. The van der Waals surface area contributed by atoms with Crippen LogP contribution in [0.1, 0.15) is 38.3 Å². The van der Waals surface area contributed by atoms with Crippen molar-refractivity contribution in [3.63, 3.8) is 0 Å². The lowest BCUT2D eigenvalue weighted by atomic mass is 9.80. The molecule has 130 valence electrons. The van der Waals surface area contributed by atoms with Crippen LogP contribution in [0.5, 0.6) is 0 Å². The molecule has 24 heavy (non-hydrogen) atoms. The Morgan fingerprint density at radius 1 is 1.50 bits per heavy atom. The van der Waals surface area contributed by atoms with E-state index in [4.69, 9.17) is 5.73 Å². The van der Waals surface area contributed by atoms with Crippen molar-refractivity contribution in [2.24, 2.45) is 11.1 Å². The lowest BCUT2D eigenvalue weighted by molar-refractivity contribution is -0.131. The Hall–Kier alpha value is -1.53. The highest BCUT2D eigenvalue weighted by Crippen LogP contribution is 2.30. The maximum absolute atomic E-state index is 12.5. The Labute approximate surface area is 147 Å². The summed E-state index contributed by atoms with van der Waals surface area (Å²) in [6.45, 7) is 7.88. The van der Waals surface area contributed by atoms with Crippen LogP contribution in [0.2, 0.25) is 0 Å². The molecule has 1 aliphatic rings. The Morgan fingerprint density at radius 3 is 2.96 bits per heavy atom. The fraction of sp³-hybridized carbons (Fsp3) is 0.556. The molecule has 5 nitrogen and oxygen atoms in total. The third-order valence-electron chi connectivity index (χ3n) is 4.91. The van der Waals surface area contributed by atoms with Crippen molar-refractivity contribution >= 4 is 28.7 Å². The van der Waals surface area contributed by atoms with Crippen LogP contribution in [-0.4, -0.2) is 45.7 Å². The third-order valence-corrected chi connectivity index (χ3v) is 6.05. The standard InChI is InChI=1S/C18H26N4OS/c1-12(17-20-13-6-4-5-7-14(13)21-17)24-10-16(23)22-9-8-15(19)18(2,3)11-22/h4-7,12,15H,8-11,19H2,1-3H3,(H,20,21). The number of para-hydroxylation sites is 2. The number of hydrogen-bond acceptors (Lipinski definition) is 4. The van der Waals surface area contributed by atoms with Crippen molar-refractivity contribution < 1.29 is 4.79 Å². The van der Waals surface area contributed by atoms with Crippen molar-refractivity contribution in [2.75, 3.05) is 18.8 Å². The Kier molecular flexibility index (Phi) is 4.88. The van der Waals surface area contributed by atoms with Crippen molar-refractivity contribution in [1.29, 1.82) is 0 Å². The van der Waals surface area contributed by atoms with Gasteiger partial charge in [-0.15, -0.1) is 11.8 Å². The van der Waals surface area contributed by atoms with E-state index in [0.29, 0.717) is 5.75 Å². The minimum atomic E-state index is -0.0110. The number of nitrogens with one attached hydrogen (secondary N) is 1. The second kappa shape index (κ2) is 6.76. The Morgan fingerprint density at radius 2 is 2.25 bits per heavy atom. The molecule has 0 aliphatic carbocycles. The Bertz CT molecular complexity index is 694. The average Bonchev–Trinajstić information content (AvgIpc) is 2.99. The van der Waals surface area contributed by atoms with E-state index < -0.39 is 0 Å². The number of hydrogen-bond donors (Lipinski definition) is 2. The van der Waals surface area contributed by atoms with Gasteiger partial charge >= 0.3 is 0 Å². The fourth-order valence-electron chi connectivity index (χ4n) is 3.12. The first-order chi connectivity index (χ1) is 11.4. The number of likely N-dealkylation sites (tertiary alicyclic amines) is 1. The monoisotopic (exact) mass is 346 g/mol. The van der Waals surface area contributed by atoms with Gasteiger partial charge < -0.3 is 15.6 Å². The summed E-state index contributed by atoms with van der Waals surface area (Å²) in [5.41, 5.74) is 8.15. The molecular formula is C18H26N4OS. The number of fused-ring (bicyclic) bond motifs is 1. The number of H-pyrrole nitrogens is 1. The van der Waals surface area contributed by atoms with Gasteiger partial charge in [0.25, 0.3) is 0 Å². The summed E-state index contributed by atoms with van der Waals surface area (Å²) in [6, 6.07) is 8.17. The molecule has 1 aliphatic heterocycles. The molecule has 2 aromatic rings. The number of piperidine rings is 1. The van der Waals surface area contributed by atoms with Crippen LogP contribution in [0, 0.1) is 5.41 Å². The normalized spacial score (nSPS) is 21.8. The largest absolute Gasteiger partial charge is 0.341 e. The van der Waals surface area contributed by atoms with Gasteiger partial charge in [-0.1, -0.05) is 26.0 Å². The van der Waals surface area contributed by atoms with Gasteiger partial charge in [0.1, 0.15) is 5.82 Å². The topological polar surface area (TPSA) is 75.0 Å². The van der Waals surface area contributed by atoms with Crippen LogP contribution >= 0.6 is 11.8 Å². The average molecular weight is 346 g/mol. The number of amides is 1. The molecule has 1 aromatic carbocycles. The van der Waals surface area contributed by atoms with E-state index in [1.165, 1.54) is 0 Å². The summed E-state index contributed by atoms with van der Waals surface area (Å²) in [7, 11) is 0. The summed E-state index contributed by atoms with van der Waals surface area (Å²) < 4.78 is 0. The van der Waals surface area contributed by atoms with E-state index in [9.17, 15) is 4.79 Å². The molecule has 1 amide bonds. The number of carbonyl (C=O) groups is 1. The summed E-state index contributed by atoms with van der Waals surface area (Å²) in [5.74, 6) is 1.60. The van der Waals surface area contributed by atoms with E-state index in [2.05, 4.69) is 30.7 Å². The number of nitrogens with two attached hydrogens (primary N) is 1. The molecule has 1 saturated heterocycles. The number of carbonyl (C=O) groups excluding carboxylic acids is 1. The first-order valence-corrected chi connectivity index (χ1v) is 9.51. The van der Waals surface area contributed by atoms with Crippen LogP contribution in [0.25, 0.3) is 11.0 Å². The minimum Gasteiger partial charge on any atom is -0.341 e. The maximum Gasteiger partial charge on any atom is 0.232 e. The zero-order chi connectivity index (χ0) is 17.3. The van der Waals surface area contributed by atoms with Crippen molar-refractivity contribution in [1.82, 2.24) is 14.9 Å². The molecule has 0 bridgehead atoms. The summed E-state index contributed by atoms with van der Waals surface area (Å²) in [4.78, 5) is 22.5. The SMILES string of the molecule is CC(SCC(=O)N1CCC(N)C(C)(C)C1)c1nc2ccccc2[nH]1. The van der Waals surface area contributed by atoms with Crippen molar-refractivity contribution in [3.8, 4) is 0 Å². The highest BCUT2D eigenvalue weighted by molar-refractivity contribution is 8.00. The van der Waals surface area contributed by atoms with Gasteiger partial charge in [-0.05, 0) is 30.9 Å². The predicted molar refractivity (Wildman–Crippen MR) is 99.9 cm³/mol. The van der Waals surface area contributed by atoms with E-state index in [1.54, 1.807) is 11.8 Å². The molecule has 2 atom stereocenters. The highest BCUT2D eigenvalue weighted by Gasteiger charge is 2.35. The van der Waals surface area contributed by atoms with E-state index >= 15 is 0 Å². The van der Waals surface area contributed by atoms with Crippen molar-refractivity contribution in [3.05, 3.63) is 30.1 Å². The van der Waals surface area contributed by atoms with Gasteiger partial charge in [0.2, 0.25) is 5.91 Å². The second-order valence-corrected chi connectivity index (χ2v) is 8.62. The molecule has 0 saturated carbocycles. The molecule has 6 heteroatoms. The number of aromatic nitrogens is 2. The van der Waals surface area contributed by atoms with Crippen LogP contribution in [0.3, 0.4) is 0 Å². The molecular weight excluding hydrogens is 320 g/mol. The molecule has 0 radical (unpaired) electrons. The number of imidazole rings is 1. The second-order valence-electron chi connectivity index (χ2n) is 7.29. The zero-order valence-electron chi connectivity index (χ0n) is 14.6. The predicted octanol–water partition coefficient (Wildman–Crippen LogP) is 2.94.